The Morgan fingerprint density at radius 2 is 1.78 bits per heavy atom. The number of aryl methyl sites for hydroxylation is 2. The minimum absolute atomic E-state index is 0.0480. The Morgan fingerprint density at radius 1 is 1.07 bits per heavy atom. The van der Waals surface area contributed by atoms with Gasteiger partial charge in [0, 0.05) is 44.1 Å². The minimum atomic E-state index is -0.147. The molecule has 7 nitrogen and oxygen atoms in total. The van der Waals surface area contributed by atoms with Gasteiger partial charge in [-0.25, -0.2) is 4.98 Å². The van der Waals surface area contributed by atoms with Gasteiger partial charge in [0.2, 0.25) is 5.91 Å². The smallest absolute Gasteiger partial charge is 0.274 e. The van der Waals surface area contributed by atoms with Gasteiger partial charge in [0.1, 0.15) is 11.4 Å². The monoisotopic (exact) mass is 368 g/mol. The van der Waals surface area contributed by atoms with Crippen molar-refractivity contribution in [1.82, 2.24) is 19.8 Å². The van der Waals surface area contributed by atoms with E-state index >= 15 is 0 Å². The zero-order chi connectivity index (χ0) is 19.4. The maximum atomic E-state index is 12.8. The second kappa shape index (κ2) is 8.16. The molecule has 0 unspecified atom stereocenters. The van der Waals surface area contributed by atoms with Gasteiger partial charge in [-0.05, 0) is 31.0 Å². The van der Waals surface area contributed by atoms with Gasteiger partial charge in [-0.15, -0.1) is 0 Å². The normalized spacial score (nSPS) is 14.2. The Labute approximate surface area is 159 Å². The molecule has 2 amide bonds. The lowest BCUT2D eigenvalue weighted by Crippen LogP contribution is -2.51. The topological polar surface area (TPSA) is 75.6 Å². The Bertz CT molecular complexity index is 831. The van der Waals surface area contributed by atoms with Crippen molar-refractivity contribution in [3.8, 4) is 5.75 Å². The Kier molecular flexibility index (Phi) is 5.69. The maximum absolute atomic E-state index is 12.8. The molecule has 0 atom stereocenters. The highest BCUT2D eigenvalue weighted by atomic mass is 16.5. The number of methoxy groups -OCH3 is 1. The number of hydrogen-bond donors (Lipinski definition) is 0. The van der Waals surface area contributed by atoms with Gasteiger partial charge in [0.05, 0.1) is 19.7 Å². The fraction of sp³-hybridized carbons (Fsp3) is 0.400. The summed E-state index contributed by atoms with van der Waals surface area (Å²) in [6.45, 7) is 6.01. The molecule has 1 aliphatic rings. The molecular formula is C20H24N4O3. The lowest BCUT2D eigenvalue weighted by Gasteiger charge is -2.34. The van der Waals surface area contributed by atoms with Crippen molar-refractivity contribution in [1.29, 1.82) is 0 Å². The third-order valence-corrected chi connectivity index (χ3v) is 4.83. The van der Waals surface area contributed by atoms with Gasteiger partial charge in [-0.3, -0.25) is 14.6 Å². The van der Waals surface area contributed by atoms with Crippen molar-refractivity contribution in [2.45, 2.75) is 20.3 Å². The number of ether oxygens (including phenoxy) is 1. The van der Waals surface area contributed by atoms with Crippen LogP contribution in [0.5, 0.6) is 5.75 Å². The van der Waals surface area contributed by atoms with Crippen LogP contribution in [0.25, 0.3) is 0 Å². The molecule has 2 heterocycles. The van der Waals surface area contributed by atoms with Crippen LogP contribution in [-0.4, -0.2) is 64.9 Å². The Morgan fingerprint density at radius 3 is 2.41 bits per heavy atom. The van der Waals surface area contributed by atoms with E-state index in [0.717, 1.165) is 22.4 Å². The number of carbonyl (C=O) groups is 2. The molecule has 0 N–H and O–H groups in total. The highest BCUT2D eigenvalue weighted by Crippen LogP contribution is 2.25. The quantitative estimate of drug-likeness (QED) is 0.820. The Hall–Kier alpha value is -2.96. The van der Waals surface area contributed by atoms with Gasteiger partial charge in [0.15, 0.2) is 0 Å². The van der Waals surface area contributed by atoms with E-state index in [-0.39, 0.29) is 11.8 Å². The number of amides is 2. The van der Waals surface area contributed by atoms with E-state index in [1.54, 1.807) is 16.9 Å². The lowest BCUT2D eigenvalue weighted by atomic mass is 10.0. The molecule has 0 radical (unpaired) electrons. The van der Waals surface area contributed by atoms with E-state index in [1.807, 2.05) is 19.9 Å². The fourth-order valence-electron chi connectivity index (χ4n) is 3.36. The predicted molar refractivity (Wildman–Crippen MR) is 101 cm³/mol. The molecule has 0 aliphatic carbocycles. The minimum Gasteiger partial charge on any atom is -0.496 e. The van der Waals surface area contributed by atoms with Crippen LogP contribution in [0.1, 0.15) is 27.2 Å². The summed E-state index contributed by atoms with van der Waals surface area (Å²) in [5.41, 5.74) is 3.41. The van der Waals surface area contributed by atoms with E-state index in [4.69, 9.17) is 4.74 Å². The third-order valence-electron chi connectivity index (χ3n) is 4.83. The summed E-state index contributed by atoms with van der Waals surface area (Å²) in [5.74, 6) is 0.649. The highest BCUT2D eigenvalue weighted by Gasteiger charge is 2.26. The molecule has 1 aromatic heterocycles. The zero-order valence-electron chi connectivity index (χ0n) is 15.9. The lowest BCUT2D eigenvalue weighted by molar-refractivity contribution is -0.132. The third kappa shape index (κ3) is 4.24. The molecule has 0 saturated carbocycles. The van der Waals surface area contributed by atoms with Crippen molar-refractivity contribution in [2.24, 2.45) is 0 Å². The molecule has 3 rings (SSSR count). The summed E-state index contributed by atoms with van der Waals surface area (Å²) < 4.78 is 5.46. The summed E-state index contributed by atoms with van der Waals surface area (Å²) in [6, 6.07) is 4.01. The molecule has 2 aromatic rings. The predicted octanol–water partition coefficient (Wildman–Crippen LogP) is 1.63. The average molecular weight is 368 g/mol. The second-order valence-corrected chi connectivity index (χ2v) is 6.70. The number of rotatable bonds is 4. The van der Waals surface area contributed by atoms with Crippen LogP contribution in [0, 0.1) is 13.8 Å². The van der Waals surface area contributed by atoms with Gasteiger partial charge >= 0.3 is 0 Å². The summed E-state index contributed by atoms with van der Waals surface area (Å²) in [4.78, 5) is 36.7. The van der Waals surface area contributed by atoms with E-state index in [0.29, 0.717) is 38.3 Å². The molecule has 7 heteroatoms. The molecule has 0 spiro atoms. The van der Waals surface area contributed by atoms with Gasteiger partial charge < -0.3 is 14.5 Å². The molecule has 1 fully saturated rings. The summed E-state index contributed by atoms with van der Waals surface area (Å²) >= 11 is 0. The highest BCUT2D eigenvalue weighted by molar-refractivity contribution is 5.92. The standard InChI is InChI=1S/C20H24N4O3/c1-14-10-15(2)16(18(11-14)27-3)12-19(25)23-6-8-24(9-7-23)20(26)17-13-21-4-5-22-17/h4-5,10-11,13H,6-9,12H2,1-3H3. The average Bonchev–Trinajstić information content (AvgIpc) is 2.69. The van der Waals surface area contributed by atoms with Crippen LogP contribution < -0.4 is 4.74 Å². The first kappa shape index (κ1) is 18.8. The van der Waals surface area contributed by atoms with E-state index < -0.39 is 0 Å². The maximum Gasteiger partial charge on any atom is 0.274 e. The van der Waals surface area contributed by atoms with Crippen molar-refractivity contribution in [3.05, 3.63) is 53.1 Å². The summed E-state index contributed by atoms with van der Waals surface area (Å²) in [7, 11) is 1.62. The van der Waals surface area contributed by atoms with Crippen molar-refractivity contribution < 1.29 is 14.3 Å². The van der Waals surface area contributed by atoms with Gasteiger partial charge in [-0.2, -0.15) is 0 Å². The number of piperazine rings is 1. The first-order chi connectivity index (χ1) is 13.0. The number of aromatic nitrogens is 2. The first-order valence-electron chi connectivity index (χ1n) is 8.96. The van der Waals surface area contributed by atoms with Crippen LogP contribution in [0.15, 0.2) is 30.7 Å². The van der Waals surface area contributed by atoms with Crippen LogP contribution in [-0.2, 0) is 11.2 Å². The fourth-order valence-corrected chi connectivity index (χ4v) is 3.36. The van der Waals surface area contributed by atoms with Crippen LogP contribution in [0.2, 0.25) is 0 Å². The molecule has 0 bridgehead atoms. The van der Waals surface area contributed by atoms with Crippen LogP contribution in [0.3, 0.4) is 0 Å². The first-order valence-corrected chi connectivity index (χ1v) is 8.96. The number of hydrogen-bond acceptors (Lipinski definition) is 5. The number of nitrogens with zero attached hydrogens (tertiary/aromatic N) is 4. The molecular weight excluding hydrogens is 344 g/mol. The van der Waals surface area contributed by atoms with Gasteiger partial charge in [0.25, 0.3) is 5.91 Å². The Balaban J connectivity index is 1.62. The molecule has 142 valence electrons. The molecule has 1 aromatic carbocycles. The largest absolute Gasteiger partial charge is 0.496 e. The summed E-state index contributed by atoms with van der Waals surface area (Å²) in [6.07, 6.45) is 4.80. The second-order valence-electron chi connectivity index (χ2n) is 6.70. The van der Waals surface area contributed by atoms with E-state index in [9.17, 15) is 9.59 Å². The van der Waals surface area contributed by atoms with Crippen molar-refractivity contribution >= 4 is 11.8 Å². The summed E-state index contributed by atoms with van der Waals surface area (Å²) in [5, 5.41) is 0. The van der Waals surface area contributed by atoms with Crippen LogP contribution >= 0.6 is 0 Å². The number of benzene rings is 1. The van der Waals surface area contributed by atoms with E-state index in [2.05, 4.69) is 16.0 Å². The molecule has 1 aliphatic heterocycles. The van der Waals surface area contributed by atoms with Gasteiger partial charge in [-0.1, -0.05) is 6.07 Å². The molecule has 1 saturated heterocycles. The zero-order valence-corrected chi connectivity index (χ0v) is 15.9. The van der Waals surface area contributed by atoms with Crippen LogP contribution in [0.4, 0.5) is 0 Å². The van der Waals surface area contributed by atoms with Crippen molar-refractivity contribution in [2.75, 3.05) is 33.3 Å². The van der Waals surface area contributed by atoms with Crippen molar-refractivity contribution in [3.63, 3.8) is 0 Å². The van der Waals surface area contributed by atoms with E-state index in [1.165, 1.54) is 18.6 Å². The number of carbonyl (C=O) groups excluding carboxylic acids is 2. The molecule has 27 heavy (non-hydrogen) atoms. The SMILES string of the molecule is COc1cc(C)cc(C)c1CC(=O)N1CCN(C(=O)c2cnccn2)CC1.